The van der Waals surface area contributed by atoms with Crippen molar-refractivity contribution in [3.05, 3.63) is 53.4 Å². The summed E-state index contributed by atoms with van der Waals surface area (Å²) in [5.41, 5.74) is 0.488. The van der Waals surface area contributed by atoms with E-state index in [4.69, 9.17) is 4.52 Å². The Morgan fingerprint density at radius 2 is 1.69 bits per heavy atom. The average molecular weight is 381 g/mol. The van der Waals surface area contributed by atoms with Crippen molar-refractivity contribution < 1.29 is 21.7 Å². The van der Waals surface area contributed by atoms with E-state index in [1.807, 2.05) is 0 Å². The second-order valence-electron chi connectivity index (χ2n) is 5.32. The van der Waals surface area contributed by atoms with Gasteiger partial charge in [0.05, 0.1) is 0 Å². The maximum atomic E-state index is 13.2. The first-order chi connectivity index (χ1) is 12.3. The fraction of sp³-hybridized carbons (Fsp3) is 0.133. The smallest absolute Gasteiger partial charge is 0.268 e. The second kappa shape index (κ2) is 6.67. The van der Waals surface area contributed by atoms with E-state index in [2.05, 4.69) is 25.4 Å². The van der Waals surface area contributed by atoms with Gasteiger partial charge >= 0.3 is 0 Å². The standard InChI is InChI=1S/C15H13F2N5O3S/c1-8-15(9(2)25-21-8)26(23,24)22-14-6-5-13(19-20-14)18-10-3-4-11(16)12(17)7-10/h3-7H,1-2H3,(H,18,19)(H,20,22). The van der Waals surface area contributed by atoms with E-state index in [9.17, 15) is 17.2 Å². The van der Waals surface area contributed by atoms with Gasteiger partial charge in [0.2, 0.25) is 0 Å². The van der Waals surface area contributed by atoms with Crippen LogP contribution in [0.3, 0.4) is 0 Å². The van der Waals surface area contributed by atoms with Gasteiger partial charge in [-0.15, -0.1) is 10.2 Å². The minimum atomic E-state index is -3.93. The summed E-state index contributed by atoms with van der Waals surface area (Å²) in [6.45, 7) is 2.99. The molecule has 11 heteroatoms. The van der Waals surface area contributed by atoms with E-state index in [1.165, 1.54) is 32.0 Å². The van der Waals surface area contributed by atoms with Crippen LogP contribution < -0.4 is 10.0 Å². The van der Waals surface area contributed by atoms with Crippen molar-refractivity contribution in [3.63, 3.8) is 0 Å². The number of anilines is 3. The fourth-order valence-corrected chi connectivity index (χ4v) is 3.55. The summed E-state index contributed by atoms with van der Waals surface area (Å²) in [4.78, 5) is -0.0664. The predicted molar refractivity (Wildman–Crippen MR) is 88.5 cm³/mol. The number of hydrogen-bond donors (Lipinski definition) is 2. The SMILES string of the molecule is Cc1noc(C)c1S(=O)(=O)Nc1ccc(Nc2ccc(F)c(F)c2)nn1. The number of nitrogens with zero attached hydrogens (tertiary/aromatic N) is 3. The molecular formula is C15H13F2N5O3S. The first kappa shape index (κ1) is 17.7. The van der Waals surface area contributed by atoms with Crippen molar-refractivity contribution in [2.45, 2.75) is 18.7 Å². The van der Waals surface area contributed by atoms with Crippen LogP contribution >= 0.6 is 0 Å². The number of halogens is 2. The molecule has 1 aromatic carbocycles. The Labute approximate surface area is 147 Å². The molecule has 3 aromatic rings. The van der Waals surface area contributed by atoms with Crippen LogP contribution in [0.25, 0.3) is 0 Å². The molecular weight excluding hydrogens is 368 g/mol. The van der Waals surface area contributed by atoms with Gasteiger partial charge in [0, 0.05) is 11.8 Å². The molecule has 2 aromatic heterocycles. The number of aryl methyl sites for hydroxylation is 2. The monoisotopic (exact) mass is 381 g/mol. The van der Waals surface area contributed by atoms with Gasteiger partial charge < -0.3 is 9.84 Å². The molecule has 0 atom stereocenters. The van der Waals surface area contributed by atoms with Crippen LogP contribution in [-0.4, -0.2) is 23.8 Å². The molecule has 0 amide bonds. The lowest BCUT2D eigenvalue weighted by molar-refractivity contribution is 0.390. The number of aromatic nitrogens is 3. The number of hydrogen-bond acceptors (Lipinski definition) is 7. The summed E-state index contributed by atoms with van der Waals surface area (Å²) in [5.74, 6) is -1.63. The molecule has 8 nitrogen and oxygen atoms in total. The molecule has 0 spiro atoms. The number of sulfonamides is 1. The topological polar surface area (TPSA) is 110 Å². The van der Waals surface area contributed by atoms with Crippen molar-refractivity contribution in [3.8, 4) is 0 Å². The van der Waals surface area contributed by atoms with Crippen molar-refractivity contribution >= 4 is 27.3 Å². The van der Waals surface area contributed by atoms with E-state index < -0.39 is 21.7 Å². The zero-order valence-electron chi connectivity index (χ0n) is 13.6. The Balaban J connectivity index is 1.76. The van der Waals surface area contributed by atoms with Crippen LogP contribution in [0, 0.1) is 25.5 Å². The fourth-order valence-electron chi connectivity index (χ4n) is 2.22. The highest BCUT2D eigenvalue weighted by molar-refractivity contribution is 7.92. The van der Waals surface area contributed by atoms with Crippen LogP contribution in [0.15, 0.2) is 39.8 Å². The summed E-state index contributed by atoms with van der Waals surface area (Å²) < 4.78 is 58.0. The third kappa shape index (κ3) is 3.61. The Hall–Kier alpha value is -3.08. The van der Waals surface area contributed by atoms with Gasteiger partial charge in [-0.3, -0.25) is 4.72 Å². The molecule has 0 unspecified atom stereocenters. The molecule has 2 N–H and O–H groups in total. The molecule has 0 aliphatic carbocycles. The highest BCUT2D eigenvalue weighted by Crippen LogP contribution is 2.22. The summed E-state index contributed by atoms with van der Waals surface area (Å²) in [7, 11) is -3.93. The third-order valence-corrected chi connectivity index (χ3v) is 4.93. The molecule has 2 heterocycles. The molecule has 136 valence electrons. The molecule has 26 heavy (non-hydrogen) atoms. The van der Waals surface area contributed by atoms with Gasteiger partial charge in [-0.25, -0.2) is 17.2 Å². The van der Waals surface area contributed by atoms with Gasteiger partial charge in [0.25, 0.3) is 10.0 Å². The van der Waals surface area contributed by atoms with Crippen LogP contribution in [0.1, 0.15) is 11.5 Å². The van der Waals surface area contributed by atoms with Crippen molar-refractivity contribution in [1.29, 1.82) is 0 Å². The minimum Gasteiger partial charge on any atom is -0.360 e. The maximum Gasteiger partial charge on any atom is 0.268 e. The highest BCUT2D eigenvalue weighted by Gasteiger charge is 2.24. The largest absolute Gasteiger partial charge is 0.360 e. The van der Waals surface area contributed by atoms with Crippen LogP contribution in [0.5, 0.6) is 0 Å². The van der Waals surface area contributed by atoms with Crippen LogP contribution in [-0.2, 0) is 10.0 Å². The van der Waals surface area contributed by atoms with Gasteiger partial charge in [0.1, 0.15) is 5.69 Å². The normalized spacial score (nSPS) is 11.4. The first-order valence-corrected chi connectivity index (χ1v) is 8.76. The van der Waals surface area contributed by atoms with E-state index in [-0.39, 0.29) is 33.7 Å². The van der Waals surface area contributed by atoms with E-state index >= 15 is 0 Å². The summed E-state index contributed by atoms with van der Waals surface area (Å²) in [6, 6.07) is 6.06. The summed E-state index contributed by atoms with van der Waals surface area (Å²) in [5, 5.41) is 13.9. The van der Waals surface area contributed by atoms with Crippen molar-refractivity contribution in [2.75, 3.05) is 10.0 Å². The maximum absolute atomic E-state index is 13.2. The minimum absolute atomic E-state index is 0.0270. The Morgan fingerprint density at radius 1 is 1.00 bits per heavy atom. The van der Waals surface area contributed by atoms with E-state index in [0.717, 1.165) is 12.1 Å². The molecule has 0 fully saturated rings. The lowest BCUT2D eigenvalue weighted by Gasteiger charge is -2.08. The first-order valence-electron chi connectivity index (χ1n) is 7.28. The van der Waals surface area contributed by atoms with Crippen molar-refractivity contribution in [2.24, 2.45) is 0 Å². The van der Waals surface area contributed by atoms with Gasteiger partial charge in [-0.2, -0.15) is 0 Å². The highest BCUT2D eigenvalue weighted by atomic mass is 32.2. The number of benzene rings is 1. The third-order valence-electron chi connectivity index (χ3n) is 3.33. The van der Waals surface area contributed by atoms with Crippen LogP contribution in [0.2, 0.25) is 0 Å². The van der Waals surface area contributed by atoms with Gasteiger partial charge in [0.15, 0.2) is 33.9 Å². The van der Waals surface area contributed by atoms with Gasteiger partial charge in [-0.05, 0) is 38.1 Å². The molecule has 0 saturated heterocycles. The molecule has 0 bridgehead atoms. The predicted octanol–water partition coefficient (Wildman–Crippen LogP) is 2.90. The average Bonchev–Trinajstić information content (AvgIpc) is 2.92. The number of rotatable bonds is 5. The zero-order chi connectivity index (χ0) is 18.9. The van der Waals surface area contributed by atoms with Gasteiger partial charge in [-0.1, -0.05) is 5.16 Å². The Bertz CT molecular complexity index is 1030. The van der Waals surface area contributed by atoms with Crippen molar-refractivity contribution in [1.82, 2.24) is 15.4 Å². The lowest BCUT2D eigenvalue weighted by atomic mass is 10.3. The van der Waals surface area contributed by atoms with Crippen LogP contribution in [0.4, 0.5) is 26.1 Å². The summed E-state index contributed by atoms with van der Waals surface area (Å²) >= 11 is 0. The van der Waals surface area contributed by atoms with E-state index in [1.54, 1.807) is 0 Å². The molecule has 0 aliphatic rings. The van der Waals surface area contributed by atoms with E-state index in [0.29, 0.717) is 0 Å². The number of nitrogens with one attached hydrogen (secondary N) is 2. The quantitative estimate of drug-likeness (QED) is 0.699. The zero-order valence-corrected chi connectivity index (χ0v) is 14.4. The lowest BCUT2D eigenvalue weighted by Crippen LogP contribution is -2.15. The Kier molecular flexibility index (Phi) is 4.55. The molecule has 0 aliphatic heterocycles. The molecule has 3 rings (SSSR count). The second-order valence-corrected chi connectivity index (χ2v) is 6.94. The summed E-state index contributed by atoms with van der Waals surface area (Å²) in [6.07, 6.45) is 0. The molecule has 0 radical (unpaired) electrons. The molecule has 0 saturated carbocycles. The Morgan fingerprint density at radius 3 is 2.27 bits per heavy atom.